The minimum absolute atomic E-state index is 0.105. The predicted molar refractivity (Wildman–Crippen MR) is 130 cm³/mol. The van der Waals surface area contributed by atoms with Crippen molar-refractivity contribution in [3.05, 3.63) is 35.1 Å². The molecule has 190 valence electrons. The molecule has 1 amide bonds. The van der Waals surface area contributed by atoms with Crippen LogP contribution >= 0.6 is 11.6 Å². The van der Waals surface area contributed by atoms with E-state index in [2.05, 4.69) is 16.9 Å². The lowest BCUT2D eigenvalue weighted by molar-refractivity contribution is 0.0652. The van der Waals surface area contributed by atoms with Crippen LogP contribution in [0.4, 0.5) is 4.79 Å². The fourth-order valence-electron chi connectivity index (χ4n) is 3.77. The Bertz CT molecular complexity index is 1160. The van der Waals surface area contributed by atoms with Gasteiger partial charge in [-0.2, -0.15) is 0 Å². The lowest BCUT2D eigenvalue weighted by Gasteiger charge is -2.31. The molecule has 0 unspecified atom stereocenters. The van der Waals surface area contributed by atoms with Crippen LogP contribution in [0.25, 0.3) is 0 Å². The molecule has 1 aliphatic carbocycles. The summed E-state index contributed by atoms with van der Waals surface area (Å²) in [5.41, 5.74) is 0.597. The van der Waals surface area contributed by atoms with Gasteiger partial charge in [0.1, 0.15) is 18.2 Å². The van der Waals surface area contributed by atoms with E-state index in [-0.39, 0.29) is 33.2 Å². The van der Waals surface area contributed by atoms with E-state index in [0.29, 0.717) is 62.6 Å². The van der Waals surface area contributed by atoms with Crippen molar-refractivity contribution >= 4 is 27.5 Å². The molecule has 35 heavy (non-hydrogen) atoms. The molecule has 11 heteroatoms. The summed E-state index contributed by atoms with van der Waals surface area (Å²) >= 11 is 6.33. The molecule has 1 aromatic heterocycles. The van der Waals surface area contributed by atoms with Crippen molar-refractivity contribution in [3.8, 4) is 17.5 Å². The lowest BCUT2D eigenvalue weighted by atomic mass is 10.1. The Balaban J connectivity index is 1.37. The first-order valence-corrected chi connectivity index (χ1v) is 13.8. The van der Waals surface area contributed by atoms with Gasteiger partial charge in [0.25, 0.3) is 0 Å². The SMILES string of the molecule is CCCCOC(=O)N1CCC(Oc2ncnc(Oc3ccc(S(=O)(=O)C4CC4)cc3Cl)c2C)CC1. The van der Waals surface area contributed by atoms with Crippen LogP contribution in [0.3, 0.4) is 0 Å². The molecule has 9 nitrogen and oxygen atoms in total. The number of aromatic nitrogens is 2. The highest BCUT2D eigenvalue weighted by Gasteiger charge is 2.37. The number of likely N-dealkylation sites (tertiary alicyclic amines) is 1. The van der Waals surface area contributed by atoms with Crippen LogP contribution in [0.15, 0.2) is 29.4 Å². The zero-order valence-electron chi connectivity index (χ0n) is 19.9. The van der Waals surface area contributed by atoms with Gasteiger partial charge in [-0.15, -0.1) is 0 Å². The lowest BCUT2D eigenvalue weighted by Crippen LogP contribution is -2.42. The average molecular weight is 524 g/mol. The molecule has 2 fully saturated rings. The van der Waals surface area contributed by atoms with E-state index in [0.717, 1.165) is 12.8 Å². The van der Waals surface area contributed by atoms with Gasteiger partial charge in [0.15, 0.2) is 9.84 Å². The number of carbonyl (C=O) groups is 1. The number of sulfone groups is 1. The second kappa shape index (κ2) is 11.0. The summed E-state index contributed by atoms with van der Waals surface area (Å²) in [5.74, 6) is 0.957. The van der Waals surface area contributed by atoms with E-state index in [1.54, 1.807) is 11.8 Å². The molecule has 2 aliphatic rings. The number of halogens is 1. The van der Waals surface area contributed by atoms with Crippen LogP contribution in [0.1, 0.15) is 51.0 Å². The van der Waals surface area contributed by atoms with Crippen LogP contribution < -0.4 is 9.47 Å². The Labute approximate surface area is 210 Å². The van der Waals surface area contributed by atoms with Crippen molar-refractivity contribution in [2.75, 3.05) is 19.7 Å². The number of rotatable bonds is 9. The van der Waals surface area contributed by atoms with Crippen molar-refractivity contribution in [2.45, 2.75) is 68.6 Å². The second-order valence-corrected chi connectivity index (χ2v) is 11.5. The minimum Gasteiger partial charge on any atom is -0.474 e. The Morgan fingerprint density at radius 2 is 1.86 bits per heavy atom. The highest BCUT2D eigenvalue weighted by molar-refractivity contribution is 7.92. The van der Waals surface area contributed by atoms with Crippen LogP contribution in [0.2, 0.25) is 5.02 Å². The summed E-state index contributed by atoms with van der Waals surface area (Å²) in [7, 11) is -3.34. The molecular weight excluding hydrogens is 494 g/mol. The van der Waals surface area contributed by atoms with Crippen molar-refractivity contribution in [1.82, 2.24) is 14.9 Å². The van der Waals surface area contributed by atoms with E-state index in [1.165, 1.54) is 24.5 Å². The normalized spacial score (nSPS) is 16.7. The molecule has 0 N–H and O–H groups in total. The molecule has 2 aromatic rings. The standard InChI is InChI=1S/C24H30ClN3O6S/c1-3-4-13-32-24(29)28-11-9-17(10-12-28)33-22-16(2)23(27-15-26-22)34-21-8-7-19(14-20(21)25)35(30,31)18-5-6-18/h7-8,14-15,17-18H,3-6,9-13H2,1-2H3. The molecule has 4 rings (SSSR count). The third kappa shape index (κ3) is 6.16. The Hall–Kier alpha value is -2.59. The Morgan fingerprint density at radius 3 is 2.51 bits per heavy atom. The van der Waals surface area contributed by atoms with Crippen LogP contribution in [-0.2, 0) is 14.6 Å². The summed E-state index contributed by atoms with van der Waals surface area (Å²) < 4.78 is 42.2. The van der Waals surface area contributed by atoms with Crippen LogP contribution in [0, 0.1) is 6.92 Å². The van der Waals surface area contributed by atoms with Crippen molar-refractivity contribution in [2.24, 2.45) is 0 Å². The summed E-state index contributed by atoms with van der Waals surface area (Å²) in [5, 5.41) is -0.127. The van der Waals surface area contributed by atoms with E-state index in [4.69, 9.17) is 25.8 Å². The minimum atomic E-state index is -3.34. The number of ether oxygens (including phenoxy) is 3. The smallest absolute Gasteiger partial charge is 0.409 e. The number of benzene rings is 1. The van der Waals surface area contributed by atoms with Gasteiger partial charge in [0.2, 0.25) is 11.8 Å². The highest BCUT2D eigenvalue weighted by Crippen LogP contribution is 2.38. The van der Waals surface area contributed by atoms with Gasteiger partial charge in [0.05, 0.1) is 27.3 Å². The summed E-state index contributed by atoms with van der Waals surface area (Å²) in [6.45, 7) is 5.38. The molecule has 2 heterocycles. The molecule has 1 aliphatic heterocycles. The molecule has 0 bridgehead atoms. The van der Waals surface area contributed by atoms with Gasteiger partial charge in [-0.25, -0.2) is 23.2 Å². The average Bonchev–Trinajstić information content (AvgIpc) is 3.69. The first-order chi connectivity index (χ1) is 16.8. The van der Waals surface area contributed by atoms with Gasteiger partial charge in [0, 0.05) is 25.9 Å². The van der Waals surface area contributed by atoms with Crippen molar-refractivity contribution in [1.29, 1.82) is 0 Å². The summed E-state index contributed by atoms with van der Waals surface area (Å²) in [6.07, 6.45) is 5.48. The van der Waals surface area contributed by atoms with Crippen LogP contribution in [0.5, 0.6) is 17.5 Å². The molecular formula is C24H30ClN3O6S. The topological polar surface area (TPSA) is 108 Å². The van der Waals surface area contributed by atoms with Crippen molar-refractivity contribution < 1.29 is 27.4 Å². The number of carbonyl (C=O) groups excluding carboxylic acids is 1. The van der Waals surface area contributed by atoms with Crippen LogP contribution in [-0.4, -0.2) is 60.4 Å². The number of unbranched alkanes of at least 4 members (excludes halogenated alkanes) is 1. The van der Waals surface area contributed by atoms with Gasteiger partial charge >= 0.3 is 6.09 Å². The number of piperidine rings is 1. The first kappa shape index (κ1) is 25.5. The maximum Gasteiger partial charge on any atom is 0.409 e. The third-order valence-corrected chi connectivity index (χ3v) is 8.65. The van der Waals surface area contributed by atoms with Gasteiger partial charge < -0.3 is 19.1 Å². The molecule has 1 saturated carbocycles. The fourth-order valence-corrected chi connectivity index (χ4v) is 5.73. The van der Waals surface area contributed by atoms with Gasteiger partial charge in [-0.1, -0.05) is 24.9 Å². The quantitative estimate of drug-likeness (QED) is 0.425. The molecule has 0 spiro atoms. The number of hydrogen-bond acceptors (Lipinski definition) is 8. The zero-order valence-corrected chi connectivity index (χ0v) is 21.5. The first-order valence-electron chi connectivity index (χ1n) is 11.9. The zero-order chi connectivity index (χ0) is 25.0. The number of hydrogen-bond donors (Lipinski definition) is 0. The van der Waals surface area contributed by atoms with E-state index < -0.39 is 9.84 Å². The molecule has 1 aromatic carbocycles. The second-order valence-electron chi connectivity index (χ2n) is 8.82. The molecule has 1 saturated heterocycles. The monoisotopic (exact) mass is 523 g/mol. The fraction of sp³-hybridized carbons (Fsp3) is 0.542. The Kier molecular flexibility index (Phi) is 8.01. The van der Waals surface area contributed by atoms with Gasteiger partial charge in [-0.3, -0.25) is 0 Å². The number of nitrogens with zero attached hydrogens (tertiary/aromatic N) is 3. The van der Waals surface area contributed by atoms with E-state index in [9.17, 15) is 13.2 Å². The third-order valence-electron chi connectivity index (χ3n) is 6.10. The summed E-state index contributed by atoms with van der Waals surface area (Å²) in [6, 6.07) is 4.46. The molecule has 0 atom stereocenters. The maximum atomic E-state index is 12.5. The van der Waals surface area contributed by atoms with Crippen molar-refractivity contribution in [3.63, 3.8) is 0 Å². The largest absolute Gasteiger partial charge is 0.474 e. The maximum absolute atomic E-state index is 12.5. The number of amides is 1. The Morgan fingerprint density at radius 1 is 1.14 bits per heavy atom. The molecule has 0 radical (unpaired) electrons. The van der Waals surface area contributed by atoms with E-state index >= 15 is 0 Å². The van der Waals surface area contributed by atoms with E-state index in [1.807, 2.05) is 0 Å². The highest BCUT2D eigenvalue weighted by atomic mass is 35.5. The predicted octanol–water partition coefficient (Wildman–Crippen LogP) is 4.95. The van der Waals surface area contributed by atoms with Gasteiger partial charge in [-0.05, 0) is 44.4 Å². The summed E-state index contributed by atoms with van der Waals surface area (Å²) in [4.78, 5) is 22.5.